The molecule has 3 rings (SSSR count). The molecule has 3 amide bonds. The van der Waals surface area contributed by atoms with Gasteiger partial charge in [-0.05, 0) is 48.7 Å². The van der Waals surface area contributed by atoms with Crippen LogP contribution in [0.1, 0.15) is 45.9 Å². The lowest BCUT2D eigenvalue weighted by Crippen LogP contribution is -2.42. The predicted molar refractivity (Wildman–Crippen MR) is 145 cm³/mol. The molecule has 3 aromatic rings. The average Bonchev–Trinajstić information content (AvgIpc) is 3.18. The number of hydrogen-bond acceptors (Lipinski definition) is 3. The molecule has 0 atom stereocenters. The maximum atomic E-state index is 13.2. The molecule has 0 bridgehead atoms. The Morgan fingerprint density at radius 1 is 1.06 bits per heavy atom. The molecule has 0 saturated heterocycles. The zero-order valence-electron chi connectivity index (χ0n) is 21.2. The van der Waals surface area contributed by atoms with Crippen LogP contribution in [0.15, 0.2) is 59.1 Å². The summed E-state index contributed by atoms with van der Waals surface area (Å²) in [5.41, 5.74) is 3.27. The Labute approximate surface area is 216 Å². The van der Waals surface area contributed by atoms with Crippen LogP contribution in [0.3, 0.4) is 0 Å². The zero-order valence-corrected chi connectivity index (χ0v) is 22.8. The quantitative estimate of drug-likeness (QED) is 0.366. The Kier molecular flexibility index (Phi) is 8.38. The highest BCUT2D eigenvalue weighted by atomic mass is 79.9. The fourth-order valence-corrected chi connectivity index (χ4v) is 3.84. The number of amides is 3. The van der Waals surface area contributed by atoms with Crippen LogP contribution in [0.5, 0.6) is 0 Å². The third-order valence-electron chi connectivity index (χ3n) is 5.39. The van der Waals surface area contributed by atoms with Crippen LogP contribution in [-0.4, -0.2) is 39.7 Å². The van der Waals surface area contributed by atoms with E-state index < -0.39 is 0 Å². The van der Waals surface area contributed by atoms with Crippen LogP contribution in [0, 0.1) is 12.8 Å². The Morgan fingerprint density at radius 3 is 2.31 bits per heavy atom. The van der Waals surface area contributed by atoms with Gasteiger partial charge in [0.2, 0.25) is 5.91 Å². The second-order valence-electron chi connectivity index (χ2n) is 10.1. The van der Waals surface area contributed by atoms with Crippen molar-refractivity contribution in [2.75, 3.05) is 23.7 Å². The van der Waals surface area contributed by atoms with Crippen molar-refractivity contribution in [3.05, 3.63) is 70.3 Å². The third kappa shape index (κ3) is 7.18. The number of nitrogens with one attached hydrogen (secondary N) is 2. The van der Waals surface area contributed by atoms with Gasteiger partial charge in [-0.15, -0.1) is 0 Å². The molecule has 2 N–H and O–H groups in total. The number of para-hydroxylation sites is 1. The van der Waals surface area contributed by atoms with Crippen LogP contribution >= 0.6 is 15.9 Å². The Morgan fingerprint density at radius 2 is 1.71 bits per heavy atom. The van der Waals surface area contributed by atoms with Gasteiger partial charge in [0.15, 0.2) is 0 Å². The molecule has 1 aromatic heterocycles. The normalized spacial score (nSPS) is 11.4. The molecule has 0 spiro atoms. The minimum atomic E-state index is -0.320. The van der Waals surface area contributed by atoms with E-state index in [0.29, 0.717) is 18.1 Å². The van der Waals surface area contributed by atoms with Crippen LogP contribution in [0.25, 0.3) is 5.69 Å². The van der Waals surface area contributed by atoms with E-state index in [-0.39, 0.29) is 29.8 Å². The van der Waals surface area contributed by atoms with Crippen LogP contribution < -0.4 is 10.6 Å². The van der Waals surface area contributed by atoms with Crippen molar-refractivity contribution in [1.82, 2.24) is 14.7 Å². The molecule has 0 unspecified atom stereocenters. The number of carbonyl (C=O) groups excluding carboxylic acids is 2. The highest BCUT2D eigenvalue weighted by molar-refractivity contribution is 9.10. The van der Waals surface area contributed by atoms with Gasteiger partial charge in [-0.2, -0.15) is 5.10 Å². The van der Waals surface area contributed by atoms with E-state index in [2.05, 4.69) is 47.3 Å². The summed E-state index contributed by atoms with van der Waals surface area (Å²) in [6, 6.07) is 16.8. The number of hydrogen-bond donors (Lipinski definition) is 2. The largest absolute Gasteiger partial charge is 0.322 e. The first-order chi connectivity index (χ1) is 16.4. The molecule has 0 fully saturated rings. The average molecular weight is 541 g/mol. The number of aromatic nitrogens is 2. The number of benzene rings is 2. The molecule has 186 valence electrons. The first-order valence-corrected chi connectivity index (χ1v) is 12.5. The van der Waals surface area contributed by atoms with Gasteiger partial charge in [-0.3, -0.25) is 4.79 Å². The van der Waals surface area contributed by atoms with Gasteiger partial charge in [-0.25, -0.2) is 9.48 Å². The summed E-state index contributed by atoms with van der Waals surface area (Å²) in [4.78, 5) is 27.7. The predicted octanol–water partition coefficient (Wildman–Crippen LogP) is 6.37. The summed E-state index contributed by atoms with van der Waals surface area (Å²) in [6.45, 7) is 12.7. The molecule has 1 heterocycles. The first kappa shape index (κ1) is 26.5. The summed E-state index contributed by atoms with van der Waals surface area (Å²) in [7, 11) is 0. The number of urea groups is 1. The van der Waals surface area contributed by atoms with E-state index in [0.717, 1.165) is 21.4 Å². The standard InChI is InChI=1S/C27H34BrN5O2/c1-18(2)16-32(26(35)29-21-13-11-20(28)12-14-21)17-25(34)30-24-15-23(27(4,5)6)31-33(24)22-10-8-7-9-19(22)3/h7-15,18H,16-17H2,1-6H3,(H,29,35)(H,30,34). The fraction of sp³-hybridized carbons (Fsp3) is 0.370. The maximum absolute atomic E-state index is 13.2. The Bertz CT molecular complexity index is 1180. The van der Waals surface area contributed by atoms with E-state index >= 15 is 0 Å². The van der Waals surface area contributed by atoms with E-state index in [1.165, 1.54) is 4.90 Å². The lowest BCUT2D eigenvalue weighted by atomic mass is 9.92. The monoisotopic (exact) mass is 539 g/mol. The molecule has 0 aliphatic heterocycles. The number of carbonyl (C=O) groups is 2. The van der Waals surface area contributed by atoms with Crippen molar-refractivity contribution in [2.24, 2.45) is 5.92 Å². The molecule has 0 radical (unpaired) electrons. The summed E-state index contributed by atoms with van der Waals surface area (Å²) in [5, 5.41) is 10.7. The van der Waals surface area contributed by atoms with Gasteiger partial charge in [0.05, 0.1) is 11.4 Å². The van der Waals surface area contributed by atoms with Crippen LogP contribution in [0.2, 0.25) is 0 Å². The minimum absolute atomic E-state index is 0.0790. The highest BCUT2D eigenvalue weighted by Gasteiger charge is 2.24. The molecule has 0 aliphatic rings. The van der Waals surface area contributed by atoms with Gasteiger partial charge in [0.25, 0.3) is 0 Å². The van der Waals surface area contributed by atoms with E-state index in [4.69, 9.17) is 5.10 Å². The molecule has 0 aliphatic carbocycles. The number of nitrogens with zero attached hydrogens (tertiary/aromatic N) is 3. The van der Waals surface area contributed by atoms with Crippen molar-refractivity contribution >= 4 is 39.4 Å². The number of anilines is 2. The van der Waals surface area contributed by atoms with Crippen molar-refractivity contribution in [3.63, 3.8) is 0 Å². The number of halogens is 1. The molecule has 8 heteroatoms. The molecule has 7 nitrogen and oxygen atoms in total. The summed E-state index contributed by atoms with van der Waals surface area (Å²) in [6.07, 6.45) is 0. The smallest absolute Gasteiger partial charge is 0.315 e. The lowest BCUT2D eigenvalue weighted by Gasteiger charge is -2.24. The van der Waals surface area contributed by atoms with Crippen LogP contribution in [-0.2, 0) is 10.2 Å². The van der Waals surface area contributed by atoms with E-state index in [9.17, 15) is 9.59 Å². The SMILES string of the molecule is Cc1ccccc1-n1nc(C(C)(C)C)cc1NC(=O)CN(CC(C)C)C(=O)Nc1ccc(Br)cc1. The Balaban J connectivity index is 1.82. The zero-order chi connectivity index (χ0) is 25.8. The van der Waals surface area contributed by atoms with E-state index in [1.54, 1.807) is 4.68 Å². The molecule has 35 heavy (non-hydrogen) atoms. The maximum Gasteiger partial charge on any atom is 0.322 e. The first-order valence-electron chi connectivity index (χ1n) is 11.7. The van der Waals surface area contributed by atoms with Crippen molar-refractivity contribution in [3.8, 4) is 5.69 Å². The highest BCUT2D eigenvalue weighted by Crippen LogP contribution is 2.27. The lowest BCUT2D eigenvalue weighted by molar-refractivity contribution is -0.116. The van der Waals surface area contributed by atoms with Crippen molar-refractivity contribution in [1.29, 1.82) is 0 Å². The van der Waals surface area contributed by atoms with Gasteiger partial charge < -0.3 is 15.5 Å². The van der Waals surface area contributed by atoms with Crippen molar-refractivity contribution in [2.45, 2.75) is 47.0 Å². The summed E-state index contributed by atoms with van der Waals surface area (Å²) in [5.74, 6) is 0.488. The van der Waals surface area contributed by atoms with Crippen LogP contribution in [0.4, 0.5) is 16.3 Å². The molecular formula is C27H34BrN5O2. The topological polar surface area (TPSA) is 79.3 Å². The van der Waals surface area contributed by atoms with Gasteiger partial charge in [-0.1, -0.05) is 68.7 Å². The molecular weight excluding hydrogens is 506 g/mol. The van der Waals surface area contributed by atoms with Gasteiger partial charge in [0, 0.05) is 28.2 Å². The second-order valence-corrected chi connectivity index (χ2v) is 11.0. The molecule has 2 aromatic carbocycles. The van der Waals surface area contributed by atoms with Gasteiger partial charge in [0.1, 0.15) is 12.4 Å². The summed E-state index contributed by atoms with van der Waals surface area (Å²) >= 11 is 3.40. The second kappa shape index (κ2) is 11.1. The summed E-state index contributed by atoms with van der Waals surface area (Å²) < 4.78 is 2.69. The number of rotatable bonds is 7. The van der Waals surface area contributed by atoms with Crippen molar-refractivity contribution < 1.29 is 9.59 Å². The fourth-order valence-electron chi connectivity index (χ4n) is 3.57. The third-order valence-corrected chi connectivity index (χ3v) is 5.92. The minimum Gasteiger partial charge on any atom is -0.315 e. The molecule has 0 saturated carbocycles. The Hall–Kier alpha value is -3.13. The van der Waals surface area contributed by atoms with E-state index in [1.807, 2.05) is 75.4 Å². The number of aryl methyl sites for hydroxylation is 1. The van der Waals surface area contributed by atoms with Gasteiger partial charge >= 0.3 is 6.03 Å².